The van der Waals surface area contributed by atoms with Gasteiger partial charge in [-0.15, -0.1) is 0 Å². The van der Waals surface area contributed by atoms with E-state index < -0.39 is 27.9 Å². The zero-order valence-electron chi connectivity index (χ0n) is 18.3. The van der Waals surface area contributed by atoms with Gasteiger partial charge in [-0.25, -0.2) is 12.8 Å². The van der Waals surface area contributed by atoms with Crippen molar-refractivity contribution in [2.45, 2.75) is 36.6 Å². The third-order valence-corrected chi connectivity index (χ3v) is 7.13. The summed E-state index contributed by atoms with van der Waals surface area (Å²) in [4.78, 5) is 10.7. The molecule has 0 spiro atoms. The number of allylic oxidation sites excluding steroid dienone is 2. The van der Waals surface area contributed by atoms with Crippen LogP contribution in [-0.4, -0.2) is 35.5 Å². The molecule has 2 aromatic carbocycles. The molecule has 162 valence electrons. The number of phenolic OH excluding ortho intramolecular Hbond substituents is 1. The number of aliphatic carboxylic acids is 1. The van der Waals surface area contributed by atoms with Gasteiger partial charge in [-0.1, -0.05) is 24.3 Å². The number of benzene rings is 2. The number of phenols is 1. The number of rotatable bonds is 8. The van der Waals surface area contributed by atoms with Crippen molar-refractivity contribution in [3.63, 3.8) is 0 Å². The molecule has 3 rings (SSSR count). The van der Waals surface area contributed by atoms with Gasteiger partial charge < -0.3 is 11.6 Å². The van der Waals surface area contributed by atoms with Crippen LogP contribution in [0.25, 0.3) is 0 Å². The van der Waals surface area contributed by atoms with Crippen LogP contribution in [-0.2, 0) is 14.8 Å². The van der Waals surface area contributed by atoms with Crippen molar-refractivity contribution >= 4 is 16.0 Å². The quantitative estimate of drug-likeness (QED) is 0.459. The maximum absolute atomic E-state index is 13.3. The van der Waals surface area contributed by atoms with Gasteiger partial charge in [0.25, 0.3) is 0 Å². The Morgan fingerprint density at radius 1 is 1.19 bits per heavy atom. The number of aromatic hydroxyl groups is 1. The average Bonchev–Trinajstić information content (AvgIpc) is 3.12. The maximum atomic E-state index is 13.3. The molecular weight excluding hydrogens is 432 g/mol. The zero-order chi connectivity index (χ0) is 21.7. The van der Waals surface area contributed by atoms with Crippen LogP contribution in [0.15, 0.2) is 65.6 Å². The fraction of sp³-hybridized carbons (Fsp3) is 0.318. The Morgan fingerprint density at radius 2 is 1.90 bits per heavy atom. The van der Waals surface area contributed by atoms with Gasteiger partial charge in [0.15, 0.2) is 0 Å². The molecule has 2 atom stereocenters. The van der Waals surface area contributed by atoms with E-state index in [1.807, 2.05) is 6.08 Å². The molecule has 1 heterocycles. The largest absolute Gasteiger partial charge is 1.00 e. The first-order valence-corrected chi connectivity index (χ1v) is 11.2. The van der Waals surface area contributed by atoms with E-state index in [0.717, 1.165) is 12.1 Å². The molecule has 0 radical (unpaired) electrons. The molecule has 0 aliphatic carbocycles. The summed E-state index contributed by atoms with van der Waals surface area (Å²) in [7, 11) is -3.86. The molecule has 6 nitrogen and oxygen atoms in total. The van der Waals surface area contributed by atoms with E-state index in [-0.39, 0.29) is 54.0 Å². The fourth-order valence-corrected chi connectivity index (χ4v) is 5.52. The van der Waals surface area contributed by atoms with Crippen LogP contribution in [0.2, 0.25) is 0 Å². The first kappa shape index (κ1) is 25.5. The summed E-state index contributed by atoms with van der Waals surface area (Å²) in [5.74, 6) is -1.36. The second-order valence-corrected chi connectivity index (χ2v) is 9.19. The summed E-state index contributed by atoms with van der Waals surface area (Å²) in [6.07, 6.45) is 5.33. The van der Waals surface area contributed by atoms with Crippen LogP contribution >= 0.6 is 0 Å². The Balaban J connectivity index is 0.00000256. The number of halogens is 1. The van der Waals surface area contributed by atoms with Gasteiger partial charge in [0.2, 0.25) is 10.0 Å². The molecule has 31 heavy (non-hydrogen) atoms. The van der Waals surface area contributed by atoms with Crippen LogP contribution in [0.5, 0.6) is 5.75 Å². The third-order valence-electron chi connectivity index (χ3n) is 5.24. The Bertz CT molecular complexity index is 1030. The minimum absolute atomic E-state index is 0. The summed E-state index contributed by atoms with van der Waals surface area (Å²) >= 11 is 0. The Labute approximate surface area is 205 Å². The van der Waals surface area contributed by atoms with Gasteiger partial charge in [0, 0.05) is 13.0 Å². The van der Waals surface area contributed by atoms with Gasteiger partial charge in [0.1, 0.15) is 11.6 Å². The molecule has 0 amide bonds. The number of nitrogens with zero attached hydrogens (tertiary/aromatic N) is 1. The molecular formula is C22H25FNNaO5S. The molecule has 0 aromatic heterocycles. The number of carbonyl (C=O) groups is 1. The molecule has 0 bridgehead atoms. The van der Waals surface area contributed by atoms with Crippen LogP contribution in [0.3, 0.4) is 0 Å². The van der Waals surface area contributed by atoms with Crippen molar-refractivity contribution in [1.29, 1.82) is 0 Å². The predicted octanol–water partition coefficient (Wildman–Crippen LogP) is 1.21. The van der Waals surface area contributed by atoms with Gasteiger partial charge in [-0.2, -0.15) is 4.31 Å². The molecule has 2 N–H and O–H groups in total. The van der Waals surface area contributed by atoms with Gasteiger partial charge in [-0.3, -0.25) is 4.79 Å². The second kappa shape index (κ2) is 11.2. The summed E-state index contributed by atoms with van der Waals surface area (Å²) in [6.45, 7) is 0.299. The molecule has 0 unspecified atom stereocenters. The van der Waals surface area contributed by atoms with E-state index in [1.54, 1.807) is 24.3 Å². The van der Waals surface area contributed by atoms with Crippen molar-refractivity contribution in [1.82, 2.24) is 4.31 Å². The second-order valence-electron chi connectivity index (χ2n) is 7.30. The minimum atomic E-state index is -3.86. The van der Waals surface area contributed by atoms with Gasteiger partial charge in [0.05, 0.1) is 10.9 Å². The Hall–Kier alpha value is -1.71. The molecule has 1 saturated heterocycles. The Morgan fingerprint density at radius 3 is 2.55 bits per heavy atom. The van der Waals surface area contributed by atoms with Crippen molar-refractivity contribution in [2.24, 2.45) is 5.92 Å². The summed E-state index contributed by atoms with van der Waals surface area (Å²) < 4.78 is 41.2. The Kier molecular flexibility index (Phi) is 9.27. The van der Waals surface area contributed by atoms with Crippen molar-refractivity contribution < 1.29 is 58.8 Å². The predicted molar refractivity (Wildman–Crippen MR) is 111 cm³/mol. The van der Waals surface area contributed by atoms with E-state index in [0.29, 0.717) is 31.4 Å². The first-order chi connectivity index (χ1) is 14.3. The molecule has 1 aliphatic heterocycles. The van der Waals surface area contributed by atoms with Crippen molar-refractivity contribution in [3.05, 3.63) is 72.1 Å². The van der Waals surface area contributed by atoms with Crippen LogP contribution in [0.1, 0.15) is 38.7 Å². The maximum Gasteiger partial charge on any atom is 1.00 e. The molecule has 0 saturated carbocycles. The number of hydrogen-bond donors (Lipinski definition) is 2. The zero-order valence-corrected chi connectivity index (χ0v) is 20.1. The standard InChI is InChI=1S/C22H24FNO5S.Na.H/c23-18-9-11-20(12-10-18)30(28,29)24-14-13-16(5-2-1-3-8-21(26)27)22(24)17-6-4-7-19(25)15-17;;/h1-2,4,6-7,9-12,15-16,22,25H,3,5,8,13-14H2,(H,26,27);;/q;+1;-1/b2-1-;;/t16-,22+;;/m1../s1. The molecule has 9 heteroatoms. The van der Waals surface area contributed by atoms with E-state index >= 15 is 0 Å². The smallest absolute Gasteiger partial charge is 1.00 e. The minimum Gasteiger partial charge on any atom is -1.00 e. The van der Waals surface area contributed by atoms with E-state index in [4.69, 9.17) is 5.11 Å². The number of hydrogen-bond acceptors (Lipinski definition) is 4. The van der Waals surface area contributed by atoms with Crippen LogP contribution in [0.4, 0.5) is 4.39 Å². The van der Waals surface area contributed by atoms with Gasteiger partial charge in [-0.05, 0) is 67.1 Å². The third kappa shape index (κ3) is 6.40. The van der Waals surface area contributed by atoms with E-state index in [2.05, 4.69) is 0 Å². The van der Waals surface area contributed by atoms with Crippen molar-refractivity contribution in [3.8, 4) is 5.75 Å². The van der Waals surface area contributed by atoms with Gasteiger partial charge >= 0.3 is 35.5 Å². The fourth-order valence-electron chi connectivity index (χ4n) is 3.83. The average molecular weight is 457 g/mol. The van der Waals surface area contributed by atoms with E-state index in [1.165, 1.54) is 22.5 Å². The molecule has 1 aliphatic rings. The van der Waals surface area contributed by atoms with Crippen LogP contribution in [0, 0.1) is 11.7 Å². The van der Waals surface area contributed by atoms with E-state index in [9.17, 15) is 22.7 Å². The number of carboxylic acids is 1. The molecule has 1 fully saturated rings. The van der Waals surface area contributed by atoms with Crippen molar-refractivity contribution in [2.75, 3.05) is 6.54 Å². The first-order valence-electron chi connectivity index (χ1n) is 9.72. The summed E-state index contributed by atoms with van der Waals surface area (Å²) in [6, 6.07) is 10.8. The number of carboxylic acid groups (broad SMARTS) is 1. The summed E-state index contributed by atoms with van der Waals surface area (Å²) in [5, 5.41) is 18.7. The number of sulfonamides is 1. The SMILES string of the molecule is O=C(O)CC/C=C\C[C@@H]1CCN(S(=O)(=O)c2ccc(F)cc2)[C@@H]1c1cccc(O)c1.[H-].[Na+]. The molecule has 2 aromatic rings. The monoisotopic (exact) mass is 457 g/mol. The summed E-state index contributed by atoms with van der Waals surface area (Å²) in [5.41, 5.74) is 0.683. The normalized spacial score (nSPS) is 19.4. The topological polar surface area (TPSA) is 94.9 Å². The van der Waals surface area contributed by atoms with Crippen LogP contribution < -0.4 is 29.6 Å².